The molecule has 0 aromatic carbocycles. The largest absolute Gasteiger partial charge is 0.467 e. The fraction of sp³-hybridized carbons (Fsp3) is 0.500. The Kier molecular flexibility index (Phi) is 4.29. The lowest BCUT2D eigenvalue weighted by molar-refractivity contribution is -0.137. The number of nitrogens with zero attached hydrogens (tertiary/aromatic N) is 3. The van der Waals surface area contributed by atoms with Gasteiger partial charge >= 0.3 is 0 Å². The maximum atomic E-state index is 12.9. The molecule has 2 aliphatic rings. The van der Waals surface area contributed by atoms with Crippen LogP contribution in [0.3, 0.4) is 0 Å². The molecule has 1 N–H and O–H groups in total. The lowest BCUT2D eigenvalue weighted by Crippen LogP contribution is -2.43. The Morgan fingerprint density at radius 2 is 2.28 bits per heavy atom. The molecule has 2 fully saturated rings. The number of hydrogen-bond acceptors (Lipinski definition) is 4. The summed E-state index contributed by atoms with van der Waals surface area (Å²) in [5, 5.41) is 7.03. The quantitative estimate of drug-likeness (QED) is 0.918. The highest BCUT2D eigenvalue weighted by Crippen LogP contribution is 2.28. The third-order valence-electron chi connectivity index (χ3n) is 5.19. The molecule has 2 aromatic rings. The Balaban J connectivity index is 1.38. The smallest absolute Gasteiger partial charge is 0.228 e. The van der Waals surface area contributed by atoms with E-state index in [1.165, 1.54) is 0 Å². The molecule has 0 saturated carbocycles. The number of H-pyrrole nitrogens is 1. The van der Waals surface area contributed by atoms with Gasteiger partial charge in [-0.25, -0.2) is 0 Å². The number of aromatic amines is 1. The van der Waals surface area contributed by atoms with E-state index in [0.29, 0.717) is 32.0 Å². The molecule has 132 valence electrons. The van der Waals surface area contributed by atoms with Crippen LogP contribution in [0, 0.1) is 5.92 Å². The van der Waals surface area contributed by atoms with Crippen LogP contribution in [0.25, 0.3) is 0 Å². The van der Waals surface area contributed by atoms with Crippen molar-refractivity contribution in [2.24, 2.45) is 5.92 Å². The van der Waals surface area contributed by atoms with Gasteiger partial charge in [0.15, 0.2) is 0 Å². The lowest BCUT2D eigenvalue weighted by Gasteiger charge is -2.33. The average Bonchev–Trinajstić information content (AvgIpc) is 3.38. The number of amides is 2. The predicted molar refractivity (Wildman–Crippen MR) is 89.4 cm³/mol. The van der Waals surface area contributed by atoms with Gasteiger partial charge in [0, 0.05) is 43.9 Å². The van der Waals surface area contributed by atoms with Crippen LogP contribution in [0.1, 0.15) is 36.6 Å². The number of aromatic nitrogens is 2. The van der Waals surface area contributed by atoms with Crippen LogP contribution in [0.15, 0.2) is 35.1 Å². The molecule has 2 atom stereocenters. The molecule has 7 heteroatoms. The van der Waals surface area contributed by atoms with E-state index in [9.17, 15) is 9.59 Å². The zero-order valence-electron chi connectivity index (χ0n) is 14.1. The number of hydrogen-bond donors (Lipinski definition) is 1. The molecule has 0 radical (unpaired) electrons. The minimum absolute atomic E-state index is 0.0249. The molecule has 2 aliphatic heterocycles. The SMILES string of the molecule is O=C1CC(C(=O)N2CCCC(c3ccn[nH]3)C2)CN1Cc1ccco1. The number of piperidine rings is 1. The van der Waals surface area contributed by atoms with Gasteiger partial charge in [-0.05, 0) is 31.0 Å². The Labute approximate surface area is 146 Å². The van der Waals surface area contributed by atoms with Crippen LogP contribution in [0.2, 0.25) is 0 Å². The normalized spacial score (nSPS) is 24.1. The Hall–Kier alpha value is -2.57. The number of nitrogens with one attached hydrogen (secondary N) is 1. The summed E-state index contributed by atoms with van der Waals surface area (Å²) in [5.41, 5.74) is 1.08. The van der Waals surface area contributed by atoms with Crippen LogP contribution in [-0.4, -0.2) is 51.4 Å². The third-order valence-corrected chi connectivity index (χ3v) is 5.19. The first-order valence-electron chi connectivity index (χ1n) is 8.79. The maximum Gasteiger partial charge on any atom is 0.228 e. The van der Waals surface area contributed by atoms with Crippen molar-refractivity contribution in [2.45, 2.75) is 31.7 Å². The van der Waals surface area contributed by atoms with E-state index in [2.05, 4.69) is 10.2 Å². The van der Waals surface area contributed by atoms with Gasteiger partial charge in [-0.3, -0.25) is 14.7 Å². The van der Waals surface area contributed by atoms with Gasteiger partial charge in [-0.1, -0.05) is 0 Å². The molecular weight excluding hydrogens is 320 g/mol. The Morgan fingerprint density at radius 1 is 1.36 bits per heavy atom. The topological polar surface area (TPSA) is 82.4 Å². The summed E-state index contributed by atoms with van der Waals surface area (Å²) in [7, 11) is 0. The molecule has 4 heterocycles. The van der Waals surface area contributed by atoms with Gasteiger partial charge in [0.2, 0.25) is 11.8 Å². The fourth-order valence-electron chi connectivity index (χ4n) is 3.86. The second-order valence-corrected chi connectivity index (χ2v) is 6.89. The summed E-state index contributed by atoms with van der Waals surface area (Å²) in [6.07, 6.45) is 5.68. The van der Waals surface area contributed by atoms with E-state index in [1.54, 1.807) is 17.4 Å². The van der Waals surface area contributed by atoms with E-state index in [1.807, 2.05) is 23.1 Å². The van der Waals surface area contributed by atoms with Crippen LogP contribution in [0.4, 0.5) is 0 Å². The van der Waals surface area contributed by atoms with E-state index in [0.717, 1.165) is 30.8 Å². The summed E-state index contributed by atoms with van der Waals surface area (Å²) < 4.78 is 5.31. The van der Waals surface area contributed by atoms with E-state index < -0.39 is 0 Å². The summed E-state index contributed by atoms with van der Waals surface area (Å²) in [6.45, 7) is 2.38. The molecule has 2 unspecified atom stereocenters. The number of likely N-dealkylation sites (tertiary alicyclic amines) is 2. The Bertz CT molecular complexity index is 726. The molecule has 2 amide bonds. The van der Waals surface area contributed by atoms with E-state index in [4.69, 9.17) is 4.42 Å². The van der Waals surface area contributed by atoms with Gasteiger partial charge in [-0.2, -0.15) is 5.10 Å². The average molecular weight is 342 g/mol. The molecule has 2 aromatic heterocycles. The standard InChI is InChI=1S/C18H22N4O3/c23-17-9-14(11-22(17)12-15-4-2-8-25-15)18(24)21-7-1-3-13(10-21)16-5-6-19-20-16/h2,4-6,8,13-14H,1,3,7,9-12H2,(H,19,20). The van der Waals surface area contributed by atoms with Gasteiger partial charge < -0.3 is 14.2 Å². The van der Waals surface area contributed by atoms with E-state index in [-0.39, 0.29) is 17.7 Å². The highest BCUT2D eigenvalue weighted by atomic mass is 16.3. The molecule has 0 aliphatic carbocycles. The monoisotopic (exact) mass is 342 g/mol. The van der Waals surface area contributed by atoms with Gasteiger partial charge in [0.25, 0.3) is 0 Å². The minimum Gasteiger partial charge on any atom is -0.467 e. The Morgan fingerprint density at radius 3 is 3.04 bits per heavy atom. The van der Waals surface area contributed by atoms with Crippen molar-refractivity contribution in [3.8, 4) is 0 Å². The van der Waals surface area contributed by atoms with Gasteiger partial charge in [0.1, 0.15) is 5.76 Å². The zero-order valence-corrected chi connectivity index (χ0v) is 14.1. The number of carbonyl (C=O) groups excluding carboxylic acids is 2. The van der Waals surface area contributed by atoms with Crippen molar-refractivity contribution in [3.63, 3.8) is 0 Å². The minimum atomic E-state index is -0.247. The highest BCUT2D eigenvalue weighted by molar-refractivity contribution is 5.89. The molecule has 0 spiro atoms. The second-order valence-electron chi connectivity index (χ2n) is 6.89. The molecular formula is C18H22N4O3. The predicted octanol–water partition coefficient (Wildman–Crippen LogP) is 1.76. The maximum absolute atomic E-state index is 12.9. The first-order chi connectivity index (χ1) is 12.2. The first kappa shape index (κ1) is 15.9. The van der Waals surface area contributed by atoms with Crippen molar-refractivity contribution in [1.29, 1.82) is 0 Å². The van der Waals surface area contributed by atoms with Crippen molar-refractivity contribution < 1.29 is 14.0 Å². The highest BCUT2D eigenvalue weighted by Gasteiger charge is 2.38. The number of carbonyl (C=O) groups is 2. The fourth-order valence-corrected chi connectivity index (χ4v) is 3.86. The van der Waals surface area contributed by atoms with Crippen LogP contribution in [0.5, 0.6) is 0 Å². The van der Waals surface area contributed by atoms with Crippen molar-refractivity contribution in [1.82, 2.24) is 20.0 Å². The van der Waals surface area contributed by atoms with Crippen molar-refractivity contribution in [3.05, 3.63) is 42.1 Å². The number of rotatable bonds is 4. The first-order valence-corrected chi connectivity index (χ1v) is 8.79. The van der Waals surface area contributed by atoms with Crippen LogP contribution >= 0.6 is 0 Å². The summed E-state index contributed by atoms with van der Waals surface area (Å²) in [6, 6.07) is 5.63. The second kappa shape index (κ2) is 6.74. The molecule has 25 heavy (non-hydrogen) atoms. The van der Waals surface area contributed by atoms with Crippen LogP contribution in [-0.2, 0) is 16.1 Å². The molecule has 4 rings (SSSR count). The summed E-state index contributed by atoms with van der Waals surface area (Å²) in [5.74, 6) is 0.926. The zero-order chi connectivity index (χ0) is 17.2. The third kappa shape index (κ3) is 3.31. The molecule has 7 nitrogen and oxygen atoms in total. The molecule has 0 bridgehead atoms. The van der Waals surface area contributed by atoms with Crippen molar-refractivity contribution >= 4 is 11.8 Å². The lowest BCUT2D eigenvalue weighted by atomic mass is 9.93. The summed E-state index contributed by atoms with van der Waals surface area (Å²) in [4.78, 5) is 28.8. The van der Waals surface area contributed by atoms with Gasteiger partial charge in [0.05, 0.1) is 18.7 Å². The van der Waals surface area contributed by atoms with E-state index >= 15 is 0 Å². The van der Waals surface area contributed by atoms with Crippen molar-refractivity contribution in [2.75, 3.05) is 19.6 Å². The van der Waals surface area contributed by atoms with Crippen LogP contribution < -0.4 is 0 Å². The number of furan rings is 1. The molecule has 2 saturated heterocycles. The summed E-state index contributed by atoms with van der Waals surface area (Å²) >= 11 is 0. The van der Waals surface area contributed by atoms with Gasteiger partial charge in [-0.15, -0.1) is 0 Å².